The highest BCUT2D eigenvalue weighted by Crippen LogP contribution is 2.25. The van der Waals surface area contributed by atoms with E-state index in [0.29, 0.717) is 11.4 Å². The highest BCUT2D eigenvalue weighted by Gasteiger charge is 2.32. The van der Waals surface area contributed by atoms with Crippen LogP contribution in [-0.4, -0.2) is 46.7 Å². The van der Waals surface area contributed by atoms with Crippen molar-refractivity contribution in [3.63, 3.8) is 0 Å². The van der Waals surface area contributed by atoms with Crippen molar-refractivity contribution in [2.75, 3.05) is 18.0 Å². The fourth-order valence-electron chi connectivity index (χ4n) is 3.13. The van der Waals surface area contributed by atoms with Crippen LogP contribution < -0.4 is 10.2 Å². The van der Waals surface area contributed by atoms with Crippen LogP contribution in [0.1, 0.15) is 23.2 Å². The van der Waals surface area contributed by atoms with Crippen LogP contribution >= 0.6 is 0 Å². The van der Waals surface area contributed by atoms with Crippen LogP contribution in [0.3, 0.4) is 0 Å². The highest BCUT2D eigenvalue weighted by molar-refractivity contribution is 5.90. The van der Waals surface area contributed by atoms with E-state index in [1.807, 2.05) is 0 Å². The third-order valence-corrected chi connectivity index (χ3v) is 4.69. The van der Waals surface area contributed by atoms with E-state index in [0.717, 1.165) is 0 Å². The van der Waals surface area contributed by atoms with E-state index in [-0.39, 0.29) is 37.0 Å². The van der Waals surface area contributed by atoms with Crippen LogP contribution in [0.25, 0.3) is 5.69 Å². The molecule has 0 bridgehead atoms. The number of hydrogen-bond acceptors (Lipinski definition) is 7. The number of nitrogens with zero attached hydrogens (tertiary/aromatic N) is 3. The first-order valence-electron chi connectivity index (χ1n) is 9.66. The molecule has 0 radical (unpaired) electrons. The number of nitrogens with one attached hydrogen (secondary N) is 1. The van der Waals surface area contributed by atoms with Crippen molar-refractivity contribution >= 4 is 23.7 Å². The molecule has 166 valence electrons. The molecule has 32 heavy (non-hydrogen) atoms. The number of halogens is 1. The Balaban J connectivity index is 1.43. The Morgan fingerprint density at radius 1 is 1.34 bits per heavy atom. The number of furan rings is 1. The minimum atomic E-state index is -0.679. The van der Waals surface area contributed by atoms with E-state index >= 15 is 0 Å². The number of amides is 2. The van der Waals surface area contributed by atoms with Crippen molar-refractivity contribution in [3.8, 4) is 5.69 Å². The lowest BCUT2D eigenvalue weighted by molar-refractivity contribution is -0.119. The van der Waals surface area contributed by atoms with Crippen molar-refractivity contribution in [1.29, 1.82) is 0 Å². The maximum absolute atomic E-state index is 14.8. The van der Waals surface area contributed by atoms with Gasteiger partial charge in [0.2, 0.25) is 5.91 Å². The third-order valence-electron chi connectivity index (χ3n) is 4.69. The maximum atomic E-state index is 14.8. The van der Waals surface area contributed by atoms with Gasteiger partial charge in [-0.3, -0.25) is 9.69 Å². The number of carbonyl (C=O) groups is 3. The Morgan fingerprint density at radius 3 is 2.91 bits per heavy atom. The summed E-state index contributed by atoms with van der Waals surface area (Å²) in [6, 6.07) is 7.54. The number of benzene rings is 1. The monoisotopic (exact) mass is 442 g/mol. The number of anilines is 1. The molecule has 0 saturated carbocycles. The molecule has 1 unspecified atom stereocenters. The van der Waals surface area contributed by atoms with Crippen LogP contribution in [0.15, 0.2) is 53.5 Å². The van der Waals surface area contributed by atoms with Crippen LogP contribution in [0.2, 0.25) is 0 Å². The summed E-state index contributed by atoms with van der Waals surface area (Å²) in [6.45, 7) is 1.67. The van der Waals surface area contributed by atoms with Gasteiger partial charge >= 0.3 is 12.1 Å². The van der Waals surface area contributed by atoms with Crippen molar-refractivity contribution in [3.05, 3.63) is 66.4 Å². The summed E-state index contributed by atoms with van der Waals surface area (Å²) in [4.78, 5) is 40.5. The smallest absolute Gasteiger partial charge is 0.414 e. The number of esters is 1. The molecule has 1 aliphatic rings. The predicted molar refractivity (Wildman–Crippen MR) is 108 cm³/mol. The first kappa shape index (κ1) is 21.1. The van der Waals surface area contributed by atoms with Gasteiger partial charge in [0, 0.05) is 13.1 Å². The summed E-state index contributed by atoms with van der Waals surface area (Å²) in [6.07, 6.45) is 2.94. The molecule has 0 aliphatic carbocycles. The minimum Gasteiger partial charge on any atom is -0.466 e. The first-order chi connectivity index (χ1) is 15.4. The van der Waals surface area contributed by atoms with Gasteiger partial charge in [-0.25, -0.2) is 19.0 Å². The van der Waals surface area contributed by atoms with Gasteiger partial charge < -0.3 is 23.8 Å². The molecule has 1 aliphatic heterocycles. The summed E-state index contributed by atoms with van der Waals surface area (Å²) >= 11 is 0. The van der Waals surface area contributed by atoms with E-state index in [1.54, 1.807) is 18.2 Å². The topological polar surface area (TPSA) is 116 Å². The molecule has 0 spiro atoms. The number of carbonyl (C=O) groups excluding carboxylic acids is 3. The Kier molecular flexibility index (Phi) is 5.88. The van der Waals surface area contributed by atoms with Gasteiger partial charge in [-0.15, -0.1) is 0 Å². The van der Waals surface area contributed by atoms with E-state index in [2.05, 4.69) is 10.3 Å². The average Bonchev–Trinajstić information content (AvgIpc) is 3.51. The van der Waals surface area contributed by atoms with Gasteiger partial charge in [-0.1, -0.05) is 0 Å². The number of imidazole rings is 1. The Labute approximate surface area is 181 Å². The summed E-state index contributed by atoms with van der Waals surface area (Å²) in [7, 11) is 0. The standard InChI is InChI=1S/C21H19FN4O6/c1-13(27)23-8-16-9-26(21(29)32-16)14-4-5-19(17(22)7-14)25-10-18(24-12-25)20(28)31-11-15-3-2-6-30-15/h2-7,10,12,16H,8-9,11H2,1H3,(H,23,27). The summed E-state index contributed by atoms with van der Waals surface area (Å²) < 4.78 is 31.5. The molecular formula is C21H19FN4O6. The van der Waals surface area contributed by atoms with Crippen LogP contribution in [0.5, 0.6) is 0 Å². The average molecular weight is 442 g/mol. The maximum Gasteiger partial charge on any atom is 0.414 e. The lowest BCUT2D eigenvalue weighted by Crippen LogP contribution is -2.33. The quantitative estimate of drug-likeness (QED) is 0.559. The number of rotatable bonds is 7. The fourth-order valence-corrected chi connectivity index (χ4v) is 3.13. The molecule has 3 heterocycles. The Hall–Kier alpha value is -4.15. The van der Waals surface area contributed by atoms with E-state index in [4.69, 9.17) is 13.9 Å². The summed E-state index contributed by atoms with van der Waals surface area (Å²) in [5.41, 5.74) is 0.442. The van der Waals surface area contributed by atoms with Gasteiger partial charge in [0.25, 0.3) is 0 Å². The lowest BCUT2D eigenvalue weighted by atomic mass is 10.2. The van der Waals surface area contributed by atoms with Crippen molar-refractivity contribution in [2.45, 2.75) is 19.6 Å². The van der Waals surface area contributed by atoms with Crippen LogP contribution in [0, 0.1) is 5.82 Å². The van der Waals surface area contributed by atoms with E-state index in [9.17, 15) is 18.8 Å². The second kappa shape index (κ2) is 8.92. The van der Waals surface area contributed by atoms with Gasteiger partial charge in [-0.2, -0.15) is 0 Å². The zero-order chi connectivity index (χ0) is 22.7. The van der Waals surface area contributed by atoms with Crippen molar-refractivity contribution in [1.82, 2.24) is 14.9 Å². The Morgan fingerprint density at radius 2 is 2.19 bits per heavy atom. The van der Waals surface area contributed by atoms with Crippen molar-refractivity contribution < 1.29 is 32.7 Å². The molecule has 4 rings (SSSR count). The number of ether oxygens (including phenoxy) is 2. The molecule has 11 heteroatoms. The number of hydrogen-bond donors (Lipinski definition) is 1. The second-order valence-electron chi connectivity index (χ2n) is 7.01. The minimum absolute atomic E-state index is 0.00367. The zero-order valence-electron chi connectivity index (χ0n) is 17.0. The lowest BCUT2D eigenvalue weighted by Gasteiger charge is -2.14. The molecule has 2 aromatic heterocycles. The van der Waals surface area contributed by atoms with Crippen LogP contribution in [-0.2, 0) is 20.9 Å². The molecule has 1 atom stereocenters. The van der Waals surface area contributed by atoms with Gasteiger partial charge in [0.15, 0.2) is 5.69 Å². The van der Waals surface area contributed by atoms with Gasteiger partial charge in [0.1, 0.15) is 30.6 Å². The number of cyclic esters (lactones) is 1. The molecule has 1 aromatic carbocycles. The van der Waals surface area contributed by atoms with E-state index < -0.39 is 24.0 Å². The second-order valence-corrected chi connectivity index (χ2v) is 7.01. The molecule has 1 fully saturated rings. The molecule has 3 aromatic rings. The normalized spacial score (nSPS) is 15.5. The zero-order valence-corrected chi connectivity index (χ0v) is 17.0. The van der Waals surface area contributed by atoms with Crippen LogP contribution in [0.4, 0.5) is 14.9 Å². The SMILES string of the molecule is CC(=O)NCC1CN(c2ccc(-n3cnc(C(=O)OCc4ccco4)c3)c(F)c2)C(=O)O1. The highest BCUT2D eigenvalue weighted by atomic mass is 19.1. The Bertz CT molecular complexity index is 1140. The van der Waals surface area contributed by atoms with Gasteiger partial charge in [0.05, 0.1) is 30.7 Å². The molecule has 2 amide bonds. The molecule has 1 N–H and O–H groups in total. The summed E-state index contributed by atoms with van der Waals surface area (Å²) in [5, 5.41) is 2.58. The molecular weight excluding hydrogens is 423 g/mol. The first-order valence-corrected chi connectivity index (χ1v) is 9.66. The number of aromatic nitrogens is 2. The molecule has 10 nitrogen and oxygen atoms in total. The van der Waals surface area contributed by atoms with E-state index in [1.165, 1.54) is 47.3 Å². The molecule has 1 saturated heterocycles. The van der Waals surface area contributed by atoms with Crippen molar-refractivity contribution in [2.24, 2.45) is 0 Å². The fraction of sp³-hybridized carbons (Fsp3) is 0.238. The predicted octanol–water partition coefficient (Wildman–Crippen LogP) is 2.42. The third kappa shape index (κ3) is 4.61. The summed E-state index contributed by atoms with van der Waals surface area (Å²) in [5.74, 6) is -1.06. The van der Waals surface area contributed by atoms with Gasteiger partial charge in [-0.05, 0) is 30.3 Å². The largest absolute Gasteiger partial charge is 0.466 e.